The second-order valence-electron chi connectivity index (χ2n) is 4.09. The third-order valence-corrected chi connectivity index (χ3v) is 4.39. The molecule has 0 bridgehead atoms. The zero-order valence-corrected chi connectivity index (χ0v) is 12.3. The molecule has 0 fully saturated rings. The van der Waals surface area contributed by atoms with Gasteiger partial charge in [-0.1, -0.05) is 46.3 Å². The van der Waals surface area contributed by atoms with Gasteiger partial charge in [-0.25, -0.2) is 13.1 Å². The van der Waals surface area contributed by atoms with E-state index in [2.05, 4.69) is 20.7 Å². The van der Waals surface area contributed by atoms with Gasteiger partial charge in [-0.15, -0.1) is 0 Å². The van der Waals surface area contributed by atoms with Crippen molar-refractivity contribution in [1.29, 1.82) is 0 Å². The van der Waals surface area contributed by atoms with Gasteiger partial charge < -0.3 is 0 Å². The van der Waals surface area contributed by atoms with E-state index in [9.17, 15) is 8.42 Å². The minimum atomic E-state index is -3.23. The van der Waals surface area contributed by atoms with Crippen molar-refractivity contribution in [3.63, 3.8) is 0 Å². The molecule has 1 atom stereocenters. The Morgan fingerprint density at radius 3 is 2.53 bits per heavy atom. The Morgan fingerprint density at radius 2 is 1.94 bits per heavy atom. The predicted molar refractivity (Wildman–Crippen MR) is 74.7 cm³/mol. The van der Waals surface area contributed by atoms with Gasteiger partial charge in [0, 0.05) is 11.4 Å². The van der Waals surface area contributed by atoms with E-state index in [1.807, 2.05) is 37.3 Å². The van der Waals surface area contributed by atoms with Gasteiger partial charge in [-0.05, 0) is 25.3 Å². The van der Waals surface area contributed by atoms with Crippen LogP contribution in [0.3, 0.4) is 0 Å². The molecule has 1 unspecified atom stereocenters. The van der Waals surface area contributed by atoms with Crippen molar-refractivity contribution < 1.29 is 8.42 Å². The van der Waals surface area contributed by atoms with Crippen molar-refractivity contribution >= 4 is 26.0 Å². The maximum atomic E-state index is 11.9. The van der Waals surface area contributed by atoms with Crippen molar-refractivity contribution in [1.82, 2.24) is 4.72 Å². The summed E-state index contributed by atoms with van der Waals surface area (Å²) in [6.07, 6.45) is 1.81. The summed E-state index contributed by atoms with van der Waals surface area (Å²) < 4.78 is 26.4. The SMILES string of the molecule is CC(CCCBr)NS(=O)(=O)Cc1ccccc1. The lowest BCUT2D eigenvalue weighted by atomic mass is 10.2. The molecule has 0 amide bonds. The Labute approximate surface area is 112 Å². The smallest absolute Gasteiger partial charge is 0.212 e. The van der Waals surface area contributed by atoms with Crippen molar-refractivity contribution in [3.8, 4) is 0 Å². The van der Waals surface area contributed by atoms with E-state index in [4.69, 9.17) is 0 Å². The van der Waals surface area contributed by atoms with Gasteiger partial charge in [0.25, 0.3) is 0 Å². The highest BCUT2D eigenvalue weighted by atomic mass is 79.9. The second-order valence-corrected chi connectivity index (χ2v) is 6.64. The molecule has 17 heavy (non-hydrogen) atoms. The number of rotatable bonds is 7. The molecular weight excluding hydrogens is 302 g/mol. The molecule has 0 aliphatic carbocycles. The molecule has 0 saturated carbocycles. The highest BCUT2D eigenvalue weighted by Crippen LogP contribution is 2.06. The van der Waals surface area contributed by atoms with Crippen LogP contribution in [0.15, 0.2) is 30.3 Å². The Balaban J connectivity index is 2.52. The quantitative estimate of drug-likeness (QED) is 0.785. The summed E-state index contributed by atoms with van der Waals surface area (Å²) in [4.78, 5) is 0. The molecule has 1 aromatic carbocycles. The van der Waals surface area contributed by atoms with Gasteiger partial charge in [0.15, 0.2) is 0 Å². The molecule has 96 valence electrons. The normalized spacial score (nSPS) is 13.5. The highest BCUT2D eigenvalue weighted by Gasteiger charge is 2.14. The Bertz CT molecular complexity index is 419. The fraction of sp³-hybridized carbons (Fsp3) is 0.500. The first-order valence-corrected chi connectivity index (χ1v) is 8.41. The molecule has 0 aliphatic rings. The van der Waals surface area contributed by atoms with Crippen LogP contribution in [0.5, 0.6) is 0 Å². The molecular formula is C12H18BrNO2S. The molecule has 0 aliphatic heterocycles. The van der Waals surface area contributed by atoms with Crippen LogP contribution in [-0.4, -0.2) is 19.8 Å². The van der Waals surface area contributed by atoms with Gasteiger partial charge in [-0.3, -0.25) is 0 Å². The van der Waals surface area contributed by atoms with Crippen LogP contribution in [0.2, 0.25) is 0 Å². The molecule has 0 spiro atoms. The van der Waals surface area contributed by atoms with Crippen LogP contribution < -0.4 is 4.72 Å². The van der Waals surface area contributed by atoms with E-state index < -0.39 is 10.0 Å². The van der Waals surface area contributed by atoms with Crippen LogP contribution >= 0.6 is 15.9 Å². The van der Waals surface area contributed by atoms with Crippen molar-refractivity contribution in [2.24, 2.45) is 0 Å². The molecule has 3 nitrogen and oxygen atoms in total. The molecule has 0 heterocycles. The van der Waals surface area contributed by atoms with Gasteiger partial charge in [-0.2, -0.15) is 0 Å². The molecule has 1 N–H and O–H groups in total. The minimum Gasteiger partial charge on any atom is -0.212 e. The summed E-state index contributed by atoms with van der Waals surface area (Å²) in [6, 6.07) is 9.20. The number of benzene rings is 1. The molecule has 0 saturated heterocycles. The summed E-state index contributed by atoms with van der Waals surface area (Å²) in [6.45, 7) is 1.89. The lowest BCUT2D eigenvalue weighted by Crippen LogP contribution is -2.33. The first-order chi connectivity index (χ1) is 8.03. The van der Waals surface area contributed by atoms with Gasteiger partial charge in [0.05, 0.1) is 5.75 Å². The van der Waals surface area contributed by atoms with E-state index in [1.54, 1.807) is 0 Å². The maximum Gasteiger partial charge on any atom is 0.216 e. The maximum absolute atomic E-state index is 11.9. The zero-order valence-electron chi connectivity index (χ0n) is 9.90. The van der Waals surface area contributed by atoms with Crippen molar-refractivity contribution in [2.75, 3.05) is 5.33 Å². The third kappa shape index (κ3) is 6.19. The standard InChI is InChI=1S/C12H18BrNO2S/c1-11(6-5-9-13)14-17(15,16)10-12-7-3-2-4-8-12/h2-4,7-8,11,14H,5-6,9-10H2,1H3. The first-order valence-electron chi connectivity index (χ1n) is 5.63. The lowest BCUT2D eigenvalue weighted by molar-refractivity contribution is 0.544. The van der Waals surface area contributed by atoms with E-state index in [1.165, 1.54) is 0 Å². The van der Waals surface area contributed by atoms with Crippen LogP contribution in [0.1, 0.15) is 25.3 Å². The summed E-state index contributed by atoms with van der Waals surface area (Å²) in [5.41, 5.74) is 0.813. The number of hydrogen-bond acceptors (Lipinski definition) is 2. The van der Waals surface area contributed by atoms with E-state index in [-0.39, 0.29) is 11.8 Å². The number of sulfonamides is 1. The average molecular weight is 320 g/mol. The van der Waals surface area contributed by atoms with Gasteiger partial charge in [0.1, 0.15) is 0 Å². The van der Waals surface area contributed by atoms with E-state index >= 15 is 0 Å². The summed E-state index contributed by atoms with van der Waals surface area (Å²) in [5.74, 6) is 0.0481. The minimum absolute atomic E-state index is 0.0127. The van der Waals surface area contributed by atoms with Gasteiger partial charge in [0.2, 0.25) is 10.0 Å². The average Bonchev–Trinajstić information content (AvgIpc) is 2.26. The Hall–Kier alpha value is -0.390. The first kappa shape index (κ1) is 14.7. The fourth-order valence-corrected chi connectivity index (χ4v) is 3.35. The number of alkyl halides is 1. The number of nitrogens with one attached hydrogen (secondary N) is 1. The van der Waals surface area contributed by atoms with Crippen LogP contribution in [-0.2, 0) is 15.8 Å². The molecule has 1 aromatic rings. The fourth-order valence-electron chi connectivity index (χ4n) is 1.58. The number of hydrogen-bond donors (Lipinski definition) is 1. The lowest BCUT2D eigenvalue weighted by Gasteiger charge is -2.13. The monoisotopic (exact) mass is 319 g/mol. The Morgan fingerprint density at radius 1 is 1.29 bits per heavy atom. The van der Waals surface area contributed by atoms with Crippen LogP contribution in [0, 0.1) is 0 Å². The molecule has 0 radical (unpaired) electrons. The highest BCUT2D eigenvalue weighted by molar-refractivity contribution is 9.09. The topological polar surface area (TPSA) is 46.2 Å². The predicted octanol–water partition coefficient (Wildman–Crippen LogP) is 2.67. The molecule has 1 rings (SSSR count). The van der Waals surface area contributed by atoms with E-state index in [0.717, 1.165) is 23.7 Å². The van der Waals surface area contributed by atoms with E-state index in [0.29, 0.717) is 0 Å². The van der Waals surface area contributed by atoms with Crippen molar-refractivity contribution in [2.45, 2.75) is 31.6 Å². The summed E-state index contributed by atoms with van der Waals surface area (Å²) >= 11 is 3.33. The van der Waals surface area contributed by atoms with Crippen LogP contribution in [0.25, 0.3) is 0 Å². The molecule has 5 heteroatoms. The molecule has 0 aromatic heterocycles. The zero-order chi connectivity index (χ0) is 12.7. The summed E-state index contributed by atoms with van der Waals surface area (Å²) in [7, 11) is -3.23. The third-order valence-electron chi connectivity index (χ3n) is 2.35. The van der Waals surface area contributed by atoms with Crippen LogP contribution in [0.4, 0.5) is 0 Å². The second kappa shape index (κ2) is 7.13. The van der Waals surface area contributed by atoms with Crippen molar-refractivity contribution in [3.05, 3.63) is 35.9 Å². The summed E-state index contributed by atoms with van der Waals surface area (Å²) in [5, 5.41) is 0.901. The Kier molecular flexibility index (Phi) is 6.16. The largest absolute Gasteiger partial charge is 0.216 e. The van der Waals surface area contributed by atoms with Gasteiger partial charge >= 0.3 is 0 Å². The number of halogens is 1.